The molecular weight excluding hydrogens is 316 g/mol. The Bertz CT molecular complexity index is 728. The van der Waals surface area contributed by atoms with Crippen LogP contribution in [-0.4, -0.2) is 29.9 Å². The lowest BCUT2D eigenvalue weighted by atomic mass is 10.1. The van der Waals surface area contributed by atoms with Gasteiger partial charge in [-0.15, -0.1) is 0 Å². The highest BCUT2D eigenvalue weighted by molar-refractivity contribution is 5.97. The highest BCUT2D eigenvalue weighted by atomic mass is 16.5. The third kappa shape index (κ3) is 4.38. The number of benzene rings is 2. The Labute approximate surface area is 147 Å². The molecule has 2 amide bonds. The van der Waals surface area contributed by atoms with Crippen LogP contribution in [0.1, 0.15) is 18.9 Å². The summed E-state index contributed by atoms with van der Waals surface area (Å²) in [6, 6.07) is 17.1. The highest BCUT2D eigenvalue weighted by Gasteiger charge is 2.34. The average molecular weight is 338 g/mol. The summed E-state index contributed by atoms with van der Waals surface area (Å²) in [5.41, 5.74) is 1.78. The summed E-state index contributed by atoms with van der Waals surface area (Å²) < 4.78 is 5.39. The van der Waals surface area contributed by atoms with Gasteiger partial charge in [-0.25, -0.2) is 0 Å². The van der Waals surface area contributed by atoms with Gasteiger partial charge in [0.25, 0.3) is 0 Å². The Kier molecular flexibility index (Phi) is 5.33. The predicted octanol–water partition coefficient (Wildman–Crippen LogP) is 3.07. The number of nitrogens with zero attached hydrogens (tertiary/aromatic N) is 1. The fourth-order valence-corrected chi connectivity index (χ4v) is 2.95. The molecule has 2 aromatic carbocycles. The Morgan fingerprint density at radius 1 is 1.16 bits per heavy atom. The maximum absolute atomic E-state index is 12.4. The van der Waals surface area contributed by atoms with Crippen LogP contribution in [0.4, 0.5) is 5.69 Å². The second-order valence-electron chi connectivity index (χ2n) is 6.11. The van der Waals surface area contributed by atoms with Gasteiger partial charge in [-0.3, -0.25) is 9.59 Å². The number of amides is 2. The van der Waals surface area contributed by atoms with Crippen molar-refractivity contribution in [2.75, 3.05) is 18.5 Å². The number of hydrogen-bond donors (Lipinski definition) is 1. The maximum atomic E-state index is 12.4. The zero-order valence-electron chi connectivity index (χ0n) is 14.3. The zero-order valence-corrected chi connectivity index (χ0v) is 14.3. The molecule has 1 aliphatic rings. The third-order valence-corrected chi connectivity index (χ3v) is 4.23. The van der Waals surface area contributed by atoms with E-state index in [1.165, 1.54) is 0 Å². The third-order valence-electron chi connectivity index (χ3n) is 4.23. The van der Waals surface area contributed by atoms with Gasteiger partial charge in [0.2, 0.25) is 11.8 Å². The van der Waals surface area contributed by atoms with E-state index >= 15 is 0 Å². The minimum Gasteiger partial charge on any atom is -0.494 e. The van der Waals surface area contributed by atoms with Gasteiger partial charge in [-0.2, -0.15) is 0 Å². The summed E-state index contributed by atoms with van der Waals surface area (Å²) in [4.78, 5) is 26.4. The average Bonchev–Trinajstić information content (AvgIpc) is 2.99. The molecule has 3 rings (SSSR count). The van der Waals surface area contributed by atoms with Crippen LogP contribution in [0.5, 0.6) is 5.75 Å². The number of likely N-dealkylation sites (tertiary alicyclic amines) is 1. The smallest absolute Gasteiger partial charge is 0.229 e. The van der Waals surface area contributed by atoms with Gasteiger partial charge in [0.15, 0.2) is 0 Å². The minimum absolute atomic E-state index is 0.0238. The van der Waals surface area contributed by atoms with Gasteiger partial charge in [-0.1, -0.05) is 30.3 Å². The van der Waals surface area contributed by atoms with Gasteiger partial charge in [0.05, 0.1) is 12.5 Å². The fourth-order valence-electron chi connectivity index (χ4n) is 2.95. The van der Waals surface area contributed by atoms with E-state index < -0.39 is 0 Å². The van der Waals surface area contributed by atoms with Crippen molar-refractivity contribution in [3.63, 3.8) is 0 Å². The molecule has 0 aromatic heterocycles. The van der Waals surface area contributed by atoms with Gasteiger partial charge >= 0.3 is 0 Å². The fraction of sp³-hybridized carbons (Fsp3) is 0.300. The first-order chi connectivity index (χ1) is 12.2. The van der Waals surface area contributed by atoms with Crippen molar-refractivity contribution in [1.29, 1.82) is 0 Å². The number of ether oxygens (including phenoxy) is 1. The van der Waals surface area contributed by atoms with E-state index in [2.05, 4.69) is 5.32 Å². The van der Waals surface area contributed by atoms with Gasteiger partial charge in [0.1, 0.15) is 5.75 Å². The van der Waals surface area contributed by atoms with E-state index in [4.69, 9.17) is 4.74 Å². The lowest BCUT2D eigenvalue weighted by Gasteiger charge is -2.16. The van der Waals surface area contributed by atoms with Crippen LogP contribution in [0.3, 0.4) is 0 Å². The second-order valence-corrected chi connectivity index (χ2v) is 6.11. The SMILES string of the molecule is CCOc1ccc(NC(=O)[C@@H]2CC(=O)N(Cc3ccccc3)C2)cc1. The van der Waals surface area contributed by atoms with Gasteiger partial charge in [-0.05, 0) is 36.8 Å². The number of hydrogen-bond acceptors (Lipinski definition) is 3. The lowest BCUT2D eigenvalue weighted by molar-refractivity contribution is -0.128. The molecule has 5 heteroatoms. The van der Waals surface area contributed by atoms with Crippen molar-refractivity contribution in [3.8, 4) is 5.75 Å². The molecule has 0 saturated carbocycles. The van der Waals surface area contributed by atoms with Crippen molar-refractivity contribution >= 4 is 17.5 Å². The molecule has 1 aliphatic heterocycles. The van der Waals surface area contributed by atoms with Crippen LogP contribution < -0.4 is 10.1 Å². The monoisotopic (exact) mass is 338 g/mol. The lowest BCUT2D eigenvalue weighted by Crippen LogP contribution is -2.28. The first-order valence-electron chi connectivity index (χ1n) is 8.51. The largest absolute Gasteiger partial charge is 0.494 e. The van der Waals surface area contributed by atoms with Gasteiger partial charge < -0.3 is 15.0 Å². The first kappa shape index (κ1) is 17.0. The Morgan fingerprint density at radius 2 is 1.88 bits per heavy atom. The molecular formula is C20H22N2O3. The molecule has 5 nitrogen and oxygen atoms in total. The van der Waals surface area contributed by atoms with Crippen molar-refractivity contribution in [2.24, 2.45) is 5.92 Å². The highest BCUT2D eigenvalue weighted by Crippen LogP contribution is 2.22. The Hall–Kier alpha value is -2.82. The predicted molar refractivity (Wildman–Crippen MR) is 96.2 cm³/mol. The number of carbonyl (C=O) groups is 2. The van der Waals surface area contributed by atoms with Crippen LogP contribution in [-0.2, 0) is 16.1 Å². The summed E-state index contributed by atoms with van der Waals surface area (Å²) in [6.45, 7) is 3.53. The van der Waals surface area contributed by atoms with Gasteiger partial charge in [0, 0.05) is 25.2 Å². The molecule has 1 N–H and O–H groups in total. The molecule has 1 fully saturated rings. The number of rotatable bonds is 6. The Balaban J connectivity index is 1.57. The number of nitrogens with one attached hydrogen (secondary N) is 1. The first-order valence-corrected chi connectivity index (χ1v) is 8.51. The standard InChI is InChI=1S/C20H22N2O3/c1-2-25-18-10-8-17(9-11-18)21-20(24)16-12-19(23)22(14-16)13-15-6-4-3-5-7-15/h3-11,16H,2,12-14H2,1H3,(H,21,24)/t16-/m1/s1. The molecule has 130 valence electrons. The van der Waals surface area contributed by atoms with Crippen molar-refractivity contribution < 1.29 is 14.3 Å². The van der Waals surface area contributed by atoms with Crippen LogP contribution in [0, 0.1) is 5.92 Å². The molecule has 25 heavy (non-hydrogen) atoms. The quantitative estimate of drug-likeness (QED) is 0.880. The van der Waals surface area contributed by atoms with Crippen LogP contribution >= 0.6 is 0 Å². The summed E-state index contributed by atoms with van der Waals surface area (Å²) in [5, 5.41) is 2.88. The molecule has 1 atom stereocenters. The molecule has 1 heterocycles. The van der Waals surface area contributed by atoms with E-state index in [1.54, 1.807) is 17.0 Å². The van der Waals surface area contributed by atoms with Crippen LogP contribution in [0.25, 0.3) is 0 Å². The van der Waals surface area contributed by atoms with Crippen molar-refractivity contribution in [1.82, 2.24) is 4.90 Å². The molecule has 0 bridgehead atoms. The maximum Gasteiger partial charge on any atom is 0.229 e. The topological polar surface area (TPSA) is 58.6 Å². The molecule has 1 saturated heterocycles. The van der Waals surface area contributed by atoms with E-state index in [1.807, 2.05) is 49.4 Å². The molecule has 0 radical (unpaired) electrons. The normalized spacial score (nSPS) is 16.8. The summed E-state index contributed by atoms with van der Waals surface area (Å²) >= 11 is 0. The summed E-state index contributed by atoms with van der Waals surface area (Å²) in [6.07, 6.45) is 0.260. The molecule has 0 aliphatic carbocycles. The minimum atomic E-state index is -0.317. The molecule has 2 aromatic rings. The number of carbonyl (C=O) groups excluding carboxylic acids is 2. The summed E-state index contributed by atoms with van der Waals surface area (Å²) in [7, 11) is 0. The molecule has 0 spiro atoms. The van der Waals surface area contributed by atoms with Crippen molar-refractivity contribution in [2.45, 2.75) is 19.9 Å². The Morgan fingerprint density at radius 3 is 2.56 bits per heavy atom. The van der Waals surface area contributed by atoms with E-state index in [-0.39, 0.29) is 24.2 Å². The second kappa shape index (κ2) is 7.83. The number of anilines is 1. The van der Waals surface area contributed by atoms with E-state index in [0.29, 0.717) is 25.4 Å². The zero-order chi connectivity index (χ0) is 17.6. The summed E-state index contributed by atoms with van der Waals surface area (Å²) in [5.74, 6) is 0.358. The van der Waals surface area contributed by atoms with Crippen molar-refractivity contribution in [3.05, 3.63) is 60.2 Å². The van der Waals surface area contributed by atoms with Crippen LogP contribution in [0.2, 0.25) is 0 Å². The van der Waals surface area contributed by atoms with E-state index in [9.17, 15) is 9.59 Å². The van der Waals surface area contributed by atoms with E-state index in [0.717, 1.165) is 11.3 Å². The van der Waals surface area contributed by atoms with Crippen LogP contribution in [0.15, 0.2) is 54.6 Å². The molecule has 0 unspecified atom stereocenters.